The Hall–Kier alpha value is -4.67. The van der Waals surface area contributed by atoms with Gasteiger partial charge in [-0.05, 0) is 57.5 Å². The van der Waals surface area contributed by atoms with Crippen molar-refractivity contribution in [2.45, 2.75) is 33.6 Å². The number of ether oxygens (including phenoxy) is 2. The van der Waals surface area contributed by atoms with Gasteiger partial charge in [0.05, 0.1) is 52.6 Å². The molecule has 7 nitrogen and oxygen atoms in total. The highest BCUT2D eigenvalue weighted by atomic mass is 35.5. The van der Waals surface area contributed by atoms with E-state index in [1.807, 2.05) is 42.5 Å². The van der Waals surface area contributed by atoms with E-state index in [0.717, 1.165) is 5.56 Å². The Bertz CT molecular complexity index is 1540. The summed E-state index contributed by atoms with van der Waals surface area (Å²) in [7, 11) is 0. The van der Waals surface area contributed by atoms with E-state index in [4.69, 9.17) is 26.1 Å². The number of rotatable bonds is 7. The van der Waals surface area contributed by atoms with Crippen molar-refractivity contribution in [2.75, 3.05) is 13.2 Å². The number of nitriles is 1. The lowest BCUT2D eigenvalue weighted by atomic mass is 9.79. The molecule has 0 atom stereocenters. The molecule has 0 saturated heterocycles. The molecule has 0 aromatic heterocycles. The van der Waals surface area contributed by atoms with Crippen molar-refractivity contribution in [2.24, 2.45) is 4.99 Å². The Kier molecular flexibility index (Phi) is 9.38. The largest absolute Gasteiger partial charge is 0.463 e. The smallest absolute Gasteiger partial charge is 0.336 e. The molecular weight excluding hydrogens is 538 g/mol. The molecule has 0 radical (unpaired) electrons. The van der Waals surface area contributed by atoms with Crippen LogP contribution in [0.1, 0.15) is 50.3 Å². The van der Waals surface area contributed by atoms with Gasteiger partial charge in [-0.3, -0.25) is 0 Å². The van der Waals surface area contributed by atoms with Gasteiger partial charge in [-0.25, -0.2) is 14.6 Å². The lowest BCUT2D eigenvalue weighted by molar-refractivity contribution is -0.139. The van der Waals surface area contributed by atoms with Crippen molar-refractivity contribution in [3.05, 3.63) is 123 Å². The molecule has 0 fully saturated rings. The number of nitrogens with zero attached hydrogens (tertiary/aromatic N) is 3. The highest BCUT2D eigenvalue weighted by molar-refractivity contribution is 6.33. The van der Waals surface area contributed by atoms with Crippen LogP contribution in [0.25, 0.3) is 0 Å². The summed E-state index contributed by atoms with van der Waals surface area (Å²) in [4.78, 5) is 34.1. The number of carbonyl (C=O) groups excluding carboxylic acids is 2. The predicted octanol–water partition coefficient (Wildman–Crippen LogP) is 7.06. The van der Waals surface area contributed by atoms with Crippen LogP contribution in [-0.4, -0.2) is 35.9 Å². The predicted molar refractivity (Wildman–Crippen MR) is 158 cm³/mol. The second-order valence-corrected chi connectivity index (χ2v) is 9.60. The van der Waals surface area contributed by atoms with Crippen LogP contribution < -0.4 is 0 Å². The molecule has 1 aliphatic rings. The topological polar surface area (TPSA) is 92.0 Å². The molecule has 41 heavy (non-hydrogen) atoms. The van der Waals surface area contributed by atoms with E-state index in [1.165, 1.54) is 0 Å². The Labute approximate surface area is 245 Å². The van der Waals surface area contributed by atoms with Crippen molar-refractivity contribution in [3.8, 4) is 6.07 Å². The maximum atomic E-state index is 13.7. The lowest BCUT2D eigenvalue weighted by Gasteiger charge is -2.38. The van der Waals surface area contributed by atoms with E-state index in [2.05, 4.69) is 6.07 Å². The van der Waals surface area contributed by atoms with Crippen LogP contribution in [0.4, 0.5) is 5.69 Å². The fourth-order valence-electron chi connectivity index (χ4n) is 4.89. The lowest BCUT2D eigenvalue weighted by Crippen LogP contribution is -2.39. The molecule has 3 aromatic carbocycles. The normalized spacial score (nSPS) is 14.1. The maximum Gasteiger partial charge on any atom is 0.336 e. The van der Waals surface area contributed by atoms with Gasteiger partial charge in [0.25, 0.3) is 0 Å². The molecule has 0 saturated carbocycles. The van der Waals surface area contributed by atoms with Crippen molar-refractivity contribution < 1.29 is 19.1 Å². The molecule has 4 rings (SSSR count). The Morgan fingerprint density at radius 2 is 1.39 bits per heavy atom. The number of benzene rings is 3. The van der Waals surface area contributed by atoms with E-state index in [0.29, 0.717) is 39.1 Å². The van der Waals surface area contributed by atoms with Crippen molar-refractivity contribution in [1.29, 1.82) is 5.26 Å². The van der Waals surface area contributed by atoms with Gasteiger partial charge >= 0.3 is 11.9 Å². The van der Waals surface area contributed by atoms with Crippen LogP contribution >= 0.6 is 11.6 Å². The second-order valence-electron chi connectivity index (χ2n) is 9.19. The molecular formula is C33H30ClN3O4. The molecule has 0 N–H and O–H groups in total. The van der Waals surface area contributed by atoms with Crippen LogP contribution in [0, 0.1) is 11.3 Å². The Balaban J connectivity index is 2.07. The summed E-state index contributed by atoms with van der Waals surface area (Å²) in [5, 5.41) is 9.79. The van der Waals surface area contributed by atoms with Gasteiger partial charge in [-0.1, -0.05) is 66.2 Å². The number of amidine groups is 1. The third-order valence-corrected chi connectivity index (χ3v) is 7.03. The van der Waals surface area contributed by atoms with Gasteiger partial charge in [0, 0.05) is 17.0 Å². The summed E-state index contributed by atoms with van der Waals surface area (Å²) >= 11 is 6.52. The summed E-state index contributed by atoms with van der Waals surface area (Å²) in [6.45, 7) is 7.36. The minimum absolute atomic E-state index is 0.145. The molecule has 0 unspecified atom stereocenters. The van der Waals surface area contributed by atoms with Crippen LogP contribution in [0.3, 0.4) is 0 Å². The van der Waals surface area contributed by atoms with Gasteiger partial charge < -0.3 is 14.4 Å². The van der Waals surface area contributed by atoms with Gasteiger partial charge in [0.1, 0.15) is 5.84 Å². The van der Waals surface area contributed by atoms with Crippen LogP contribution in [0.5, 0.6) is 0 Å². The SMILES string of the molecule is CCOC(=O)C1=C(C)N(C(=Nc2ccccc2Cl)c2ccccc2)C(C)=C(C(=O)OCC)C1c1ccc(C#N)cc1. The molecule has 208 valence electrons. The van der Waals surface area contributed by atoms with Crippen molar-refractivity contribution >= 4 is 35.1 Å². The van der Waals surface area contributed by atoms with Gasteiger partial charge in [0.2, 0.25) is 0 Å². The van der Waals surface area contributed by atoms with Crippen molar-refractivity contribution in [1.82, 2.24) is 4.90 Å². The van der Waals surface area contributed by atoms with E-state index < -0.39 is 17.9 Å². The number of allylic oxidation sites excluding steroid dienone is 2. The fourth-order valence-corrected chi connectivity index (χ4v) is 5.07. The molecule has 0 spiro atoms. The standard InChI is InChI=1S/C33H30ClN3O4/c1-5-40-32(38)28-21(3)37(31(25-12-8-7-9-13-25)36-27-15-11-10-14-26(27)34)22(4)29(33(39)41-6-2)30(28)24-18-16-23(20-35)17-19-24/h7-19,30H,5-6H2,1-4H3. The monoisotopic (exact) mass is 567 g/mol. The maximum absolute atomic E-state index is 13.7. The number of para-hydroxylation sites is 1. The quantitative estimate of drug-likeness (QED) is 0.172. The minimum Gasteiger partial charge on any atom is -0.463 e. The number of carbonyl (C=O) groups is 2. The third kappa shape index (κ3) is 6.08. The van der Waals surface area contributed by atoms with E-state index in [9.17, 15) is 14.9 Å². The van der Waals surface area contributed by atoms with Crippen molar-refractivity contribution in [3.63, 3.8) is 0 Å². The average molecular weight is 568 g/mol. The van der Waals surface area contributed by atoms with Crippen LogP contribution in [-0.2, 0) is 19.1 Å². The van der Waals surface area contributed by atoms with E-state index >= 15 is 0 Å². The number of hydrogen-bond acceptors (Lipinski definition) is 6. The van der Waals surface area contributed by atoms with E-state index in [-0.39, 0.29) is 24.4 Å². The Morgan fingerprint density at radius 3 is 1.90 bits per heavy atom. The summed E-state index contributed by atoms with van der Waals surface area (Å²) in [6.07, 6.45) is 0. The first-order valence-corrected chi connectivity index (χ1v) is 13.6. The first-order chi connectivity index (χ1) is 19.8. The van der Waals surface area contributed by atoms with Gasteiger partial charge in [0.15, 0.2) is 0 Å². The van der Waals surface area contributed by atoms with E-state index in [1.54, 1.807) is 69.0 Å². The molecule has 8 heteroatoms. The Morgan fingerprint density at radius 1 is 0.854 bits per heavy atom. The minimum atomic E-state index is -0.797. The zero-order valence-electron chi connectivity index (χ0n) is 23.3. The molecule has 1 aliphatic heterocycles. The van der Waals surface area contributed by atoms with Gasteiger partial charge in [-0.2, -0.15) is 5.26 Å². The third-order valence-electron chi connectivity index (χ3n) is 6.71. The number of hydrogen-bond donors (Lipinski definition) is 0. The number of aliphatic imine (C=N–C) groups is 1. The zero-order chi connectivity index (χ0) is 29.5. The zero-order valence-corrected chi connectivity index (χ0v) is 24.1. The number of esters is 2. The van der Waals surface area contributed by atoms with Crippen LogP contribution in [0.15, 0.2) is 106 Å². The highest BCUT2D eigenvalue weighted by Gasteiger charge is 2.42. The first-order valence-electron chi connectivity index (χ1n) is 13.3. The summed E-state index contributed by atoms with van der Waals surface area (Å²) in [5.41, 5.74) is 4.00. The first kappa shape index (κ1) is 29.3. The molecule has 0 amide bonds. The molecule has 0 aliphatic carbocycles. The van der Waals surface area contributed by atoms with Gasteiger partial charge in [-0.15, -0.1) is 0 Å². The fraction of sp³-hybridized carbons (Fsp3) is 0.212. The molecule has 3 aromatic rings. The molecule has 1 heterocycles. The second kappa shape index (κ2) is 13.1. The average Bonchev–Trinajstić information content (AvgIpc) is 2.98. The number of halogens is 1. The highest BCUT2D eigenvalue weighted by Crippen LogP contribution is 2.44. The van der Waals surface area contributed by atoms with Crippen LogP contribution in [0.2, 0.25) is 5.02 Å². The summed E-state index contributed by atoms with van der Waals surface area (Å²) in [5.74, 6) is -1.46. The molecule has 0 bridgehead atoms. The summed E-state index contributed by atoms with van der Waals surface area (Å²) in [6, 6.07) is 25.6. The summed E-state index contributed by atoms with van der Waals surface area (Å²) < 4.78 is 11.1.